The molecule has 5 heteroatoms. The van der Waals surface area contributed by atoms with Crippen molar-refractivity contribution in [2.75, 3.05) is 13.2 Å². The second-order valence-electron chi connectivity index (χ2n) is 4.83. The molecule has 2 rings (SSSR count). The number of Topliss-reactive ketones (excluding diaryl/α,β-unsaturated/α-hetero) is 1. The summed E-state index contributed by atoms with van der Waals surface area (Å²) >= 11 is 0. The van der Waals surface area contributed by atoms with Gasteiger partial charge in [-0.25, -0.2) is 0 Å². The van der Waals surface area contributed by atoms with Gasteiger partial charge in [-0.1, -0.05) is 24.3 Å². The average Bonchev–Trinajstić information content (AvgIpc) is 2.48. The molecule has 0 spiro atoms. The van der Waals surface area contributed by atoms with Gasteiger partial charge in [0.2, 0.25) is 5.41 Å². The highest BCUT2D eigenvalue weighted by Crippen LogP contribution is 2.38. The van der Waals surface area contributed by atoms with Crippen LogP contribution >= 0.6 is 0 Å². The van der Waals surface area contributed by atoms with Crippen LogP contribution in [0.5, 0.6) is 0 Å². The van der Waals surface area contributed by atoms with E-state index >= 15 is 0 Å². The molecule has 0 saturated carbocycles. The first-order valence-electron chi connectivity index (χ1n) is 7.05. The van der Waals surface area contributed by atoms with E-state index < -0.39 is 23.1 Å². The van der Waals surface area contributed by atoms with Crippen molar-refractivity contribution in [2.45, 2.75) is 26.7 Å². The molecule has 0 N–H and O–H groups in total. The Morgan fingerprint density at radius 3 is 2.24 bits per heavy atom. The molecule has 0 aliphatic heterocycles. The zero-order valence-corrected chi connectivity index (χ0v) is 12.2. The van der Waals surface area contributed by atoms with Crippen LogP contribution in [0.25, 0.3) is 0 Å². The number of esters is 2. The van der Waals surface area contributed by atoms with Crippen LogP contribution in [0.3, 0.4) is 0 Å². The largest absolute Gasteiger partial charge is 0.465 e. The van der Waals surface area contributed by atoms with Crippen molar-refractivity contribution < 1.29 is 23.9 Å². The second-order valence-corrected chi connectivity index (χ2v) is 4.83. The van der Waals surface area contributed by atoms with E-state index in [4.69, 9.17) is 9.47 Å². The van der Waals surface area contributed by atoms with Gasteiger partial charge < -0.3 is 9.47 Å². The van der Waals surface area contributed by atoms with E-state index in [9.17, 15) is 14.4 Å². The summed E-state index contributed by atoms with van der Waals surface area (Å²) in [7, 11) is 0. The SMILES string of the molecule is CCOC(=O)C1(C(=O)OCC)CCc2ccccc2C1=O. The number of benzene rings is 1. The fourth-order valence-corrected chi connectivity index (χ4v) is 2.61. The maximum Gasteiger partial charge on any atom is 0.331 e. The van der Waals surface area contributed by atoms with E-state index in [2.05, 4.69) is 0 Å². The minimum atomic E-state index is -1.86. The Bertz CT molecular complexity index is 558. The van der Waals surface area contributed by atoms with Crippen molar-refractivity contribution in [1.82, 2.24) is 0 Å². The molecule has 0 aromatic heterocycles. The lowest BCUT2D eigenvalue weighted by Gasteiger charge is -2.32. The van der Waals surface area contributed by atoms with Crippen molar-refractivity contribution in [3.8, 4) is 0 Å². The molecular weight excluding hydrogens is 272 g/mol. The molecule has 0 saturated heterocycles. The summed E-state index contributed by atoms with van der Waals surface area (Å²) in [6.45, 7) is 3.49. The Balaban J connectivity index is 2.50. The molecule has 1 aromatic carbocycles. The van der Waals surface area contributed by atoms with Gasteiger partial charge in [0.25, 0.3) is 0 Å². The molecular formula is C16H18O5. The Labute approximate surface area is 123 Å². The normalized spacial score (nSPS) is 16.0. The van der Waals surface area contributed by atoms with E-state index in [1.807, 2.05) is 12.1 Å². The summed E-state index contributed by atoms with van der Waals surface area (Å²) in [5.74, 6) is -2.16. The summed E-state index contributed by atoms with van der Waals surface area (Å²) in [5, 5.41) is 0. The third-order valence-electron chi connectivity index (χ3n) is 3.67. The highest BCUT2D eigenvalue weighted by Gasteiger charge is 2.57. The van der Waals surface area contributed by atoms with E-state index in [0.29, 0.717) is 12.0 Å². The molecule has 21 heavy (non-hydrogen) atoms. The maximum atomic E-state index is 12.8. The van der Waals surface area contributed by atoms with Crippen LogP contribution < -0.4 is 0 Å². The van der Waals surface area contributed by atoms with Gasteiger partial charge in [0.05, 0.1) is 13.2 Å². The minimum Gasteiger partial charge on any atom is -0.465 e. The smallest absolute Gasteiger partial charge is 0.331 e. The molecule has 0 fully saturated rings. The van der Waals surface area contributed by atoms with E-state index in [-0.39, 0.29) is 19.6 Å². The molecule has 0 bridgehead atoms. The molecule has 1 aliphatic carbocycles. The highest BCUT2D eigenvalue weighted by molar-refractivity contribution is 6.26. The summed E-state index contributed by atoms with van der Waals surface area (Å²) in [6.07, 6.45) is 0.542. The van der Waals surface area contributed by atoms with E-state index in [1.54, 1.807) is 26.0 Å². The van der Waals surface area contributed by atoms with Crippen molar-refractivity contribution in [1.29, 1.82) is 0 Å². The Morgan fingerprint density at radius 1 is 1.10 bits per heavy atom. The fourth-order valence-electron chi connectivity index (χ4n) is 2.61. The van der Waals surface area contributed by atoms with E-state index in [1.165, 1.54) is 0 Å². The highest BCUT2D eigenvalue weighted by atomic mass is 16.6. The van der Waals surface area contributed by atoms with Gasteiger partial charge in [-0.3, -0.25) is 14.4 Å². The molecule has 0 radical (unpaired) electrons. The first-order chi connectivity index (χ1) is 10.1. The molecule has 0 heterocycles. The fraction of sp³-hybridized carbons (Fsp3) is 0.438. The van der Waals surface area contributed by atoms with Crippen LogP contribution in [0.4, 0.5) is 0 Å². The lowest BCUT2D eigenvalue weighted by Crippen LogP contribution is -2.51. The van der Waals surface area contributed by atoms with Gasteiger partial charge in [-0.15, -0.1) is 0 Å². The number of fused-ring (bicyclic) bond motifs is 1. The topological polar surface area (TPSA) is 69.7 Å². The Kier molecular flexibility index (Phi) is 4.40. The molecule has 0 atom stereocenters. The number of carbonyl (C=O) groups excluding carboxylic acids is 3. The van der Waals surface area contributed by atoms with Gasteiger partial charge >= 0.3 is 11.9 Å². The Morgan fingerprint density at radius 2 is 1.67 bits per heavy atom. The molecule has 1 aliphatic rings. The van der Waals surface area contributed by atoms with Crippen molar-refractivity contribution in [3.05, 3.63) is 35.4 Å². The number of hydrogen-bond acceptors (Lipinski definition) is 5. The summed E-state index contributed by atoms with van der Waals surface area (Å²) in [5.41, 5.74) is -0.628. The van der Waals surface area contributed by atoms with Crippen LogP contribution in [0.1, 0.15) is 36.2 Å². The molecule has 0 unspecified atom stereocenters. The summed E-state index contributed by atoms with van der Waals surface area (Å²) in [4.78, 5) is 37.4. The third-order valence-corrected chi connectivity index (χ3v) is 3.67. The average molecular weight is 290 g/mol. The predicted octanol–water partition coefficient (Wildman–Crippen LogP) is 1.93. The zero-order valence-electron chi connectivity index (χ0n) is 12.2. The van der Waals surface area contributed by atoms with Gasteiger partial charge in [0.1, 0.15) is 0 Å². The Hall–Kier alpha value is -2.17. The summed E-state index contributed by atoms with van der Waals surface area (Å²) in [6, 6.07) is 6.99. The van der Waals surface area contributed by atoms with Crippen molar-refractivity contribution in [2.24, 2.45) is 5.41 Å². The monoisotopic (exact) mass is 290 g/mol. The van der Waals surface area contributed by atoms with Crippen LogP contribution in [-0.4, -0.2) is 30.9 Å². The van der Waals surface area contributed by atoms with Gasteiger partial charge in [0, 0.05) is 5.56 Å². The maximum absolute atomic E-state index is 12.8. The van der Waals surface area contributed by atoms with Gasteiger partial charge in [-0.05, 0) is 32.3 Å². The van der Waals surface area contributed by atoms with Crippen LogP contribution in [0, 0.1) is 5.41 Å². The lowest BCUT2D eigenvalue weighted by atomic mass is 9.70. The molecule has 0 amide bonds. The number of ether oxygens (including phenoxy) is 2. The summed E-state index contributed by atoms with van der Waals surface area (Å²) < 4.78 is 9.95. The van der Waals surface area contributed by atoms with Crippen LogP contribution in [0.15, 0.2) is 24.3 Å². The van der Waals surface area contributed by atoms with Crippen molar-refractivity contribution in [3.63, 3.8) is 0 Å². The van der Waals surface area contributed by atoms with Crippen LogP contribution in [0.2, 0.25) is 0 Å². The van der Waals surface area contributed by atoms with Gasteiger partial charge in [-0.2, -0.15) is 0 Å². The second kappa shape index (κ2) is 6.08. The van der Waals surface area contributed by atoms with Crippen molar-refractivity contribution >= 4 is 17.7 Å². The number of carbonyl (C=O) groups is 3. The zero-order chi connectivity index (χ0) is 15.5. The number of rotatable bonds is 4. The van der Waals surface area contributed by atoms with Gasteiger partial charge in [0.15, 0.2) is 5.78 Å². The first-order valence-corrected chi connectivity index (χ1v) is 7.05. The quantitative estimate of drug-likeness (QED) is 0.626. The number of ketones is 1. The number of aryl methyl sites for hydroxylation is 1. The number of hydrogen-bond donors (Lipinski definition) is 0. The molecule has 5 nitrogen and oxygen atoms in total. The molecule has 1 aromatic rings. The first kappa shape index (κ1) is 15.2. The third kappa shape index (κ3) is 2.44. The van der Waals surface area contributed by atoms with E-state index in [0.717, 1.165) is 5.56 Å². The standard InChI is InChI=1S/C16H18O5/c1-3-20-14(18)16(15(19)21-4-2)10-9-11-7-5-6-8-12(11)13(16)17/h5-8H,3-4,9-10H2,1-2H3. The minimum absolute atomic E-state index is 0.0838. The van der Waals surface area contributed by atoms with Crippen LogP contribution in [-0.2, 0) is 25.5 Å². The molecule has 112 valence electrons. The lowest BCUT2D eigenvalue weighted by molar-refractivity contribution is -0.168. The predicted molar refractivity (Wildman–Crippen MR) is 74.8 cm³/mol.